The van der Waals surface area contributed by atoms with Gasteiger partial charge in [0, 0.05) is 12.7 Å². The van der Waals surface area contributed by atoms with Gasteiger partial charge in [0.1, 0.15) is 5.02 Å². The normalized spacial score (nSPS) is 18.5. The number of rotatable bonds is 3. The molecule has 1 saturated carbocycles. The van der Waals surface area contributed by atoms with Crippen LogP contribution in [0.15, 0.2) is 15.8 Å². The molecule has 4 nitrogen and oxygen atoms in total. The van der Waals surface area contributed by atoms with E-state index in [4.69, 9.17) is 11.6 Å². The van der Waals surface area contributed by atoms with Gasteiger partial charge in [-0.05, 0) is 24.0 Å². The Morgan fingerprint density at radius 1 is 1.41 bits per heavy atom. The van der Waals surface area contributed by atoms with Gasteiger partial charge in [0.2, 0.25) is 0 Å². The molecule has 0 saturated heterocycles. The summed E-state index contributed by atoms with van der Waals surface area (Å²) < 4.78 is 1.49. The predicted molar refractivity (Wildman–Crippen MR) is 71.1 cm³/mol. The van der Waals surface area contributed by atoms with Crippen LogP contribution in [-0.4, -0.2) is 15.3 Å². The third-order valence-corrected chi connectivity index (χ3v) is 4.41. The highest BCUT2D eigenvalue weighted by atomic mass is 35.5. The molecule has 1 N–H and O–H groups in total. The van der Waals surface area contributed by atoms with Gasteiger partial charge in [0.25, 0.3) is 5.56 Å². The SMILES string of the molecule is O=c1[nH]c(=O)n(CC2(CS)CCCC2)cc1Cl. The first-order valence-corrected chi connectivity index (χ1v) is 6.67. The lowest BCUT2D eigenvalue weighted by atomic mass is 9.88. The molecular formula is C11H15ClN2O2S. The van der Waals surface area contributed by atoms with Crippen molar-refractivity contribution in [3.8, 4) is 0 Å². The third-order valence-electron chi connectivity index (χ3n) is 3.47. The van der Waals surface area contributed by atoms with Gasteiger partial charge in [-0.25, -0.2) is 4.79 Å². The largest absolute Gasteiger partial charge is 0.328 e. The molecule has 0 radical (unpaired) electrons. The zero-order valence-electron chi connectivity index (χ0n) is 9.41. The van der Waals surface area contributed by atoms with E-state index < -0.39 is 11.2 Å². The lowest BCUT2D eigenvalue weighted by Crippen LogP contribution is -2.36. The van der Waals surface area contributed by atoms with Crippen LogP contribution in [0, 0.1) is 5.41 Å². The Bertz CT molecular complexity index is 517. The van der Waals surface area contributed by atoms with Gasteiger partial charge in [-0.1, -0.05) is 24.4 Å². The molecule has 2 rings (SSSR count). The molecule has 0 atom stereocenters. The van der Waals surface area contributed by atoms with E-state index in [9.17, 15) is 9.59 Å². The Hall–Kier alpha value is -0.680. The van der Waals surface area contributed by atoms with Gasteiger partial charge in [-0.2, -0.15) is 12.6 Å². The van der Waals surface area contributed by atoms with E-state index in [0.717, 1.165) is 18.6 Å². The van der Waals surface area contributed by atoms with Crippen LogP contribution in [0.5, 0.6) is 0 Å². The summed E-state index contributed by atoms with van der Waals surface area (Å²) in [6.07, 6.45) is 5.91. The standard InChI is InChI=1S/C11H15ClN2O2S/c12-8-5-14(10(16)13-9(8)15)6-11(7-17)3-1-2-4-11/h5,17H,1-4,6-7H2,(H,13,15,16). The second-order valence-corrected chi connectivity index (χ2v) is 5.45. The van der Waals surface area contributed by atoms with Crippen molar-refractivity contribution >= 4 is 24.2 Å². The van der Waals surface area contributed by atoms with Crippen LogP contribution >= 0.6 is 24.2 Å². The van der Waals surface area contributed by atoms with Crippen molar-refractivity contribution < 1.29 is 0 Å². The number of nitrogens with zero attached hydrogens (tertiary/aromatic N) is 1. The molecule has 0 bridgehead atoms. The number of hydrogen-bond acceptors (Lipinski definition) is 3. The van der Waals surface area contributed by atoms with E-state index in [2.05, 4.69) is 17.6 Å². The number of aromatic amines is 1. The van der Waals surface area contributed by atoms with Crippen LogP contribution in [0.2, 0.25) is 5.02 Å². The summed E-state index contributed by atoms with van der Waals surface area (Å²) in [6, 6.07) is 0. The molecule has 0 aliphatic heterocycles. The number of H-pyrrole nitrogens is 1. The smallest absolute Gasteiger partial charge is 0.299 e. The van der Waals surface area contributed by atoms with Crippen LogP contribution in [0.25, 0.3) is 0 Å². The first-order valence-electron chi connectivity index (χ1n) is 5.66. The van der Waals surface area contributed by atoms with E-state index in [0.29, 0.717) is 6.54 Å². The first kappa shape index (κ1) is 12.8. The van der Waals surface area contributed by atoms with Crippen molar-refractivity contribution in [3.05, 3.63) is 32.1 Å². The third kappa shape index (κ3) is 2.60. The lowest BCUT2D eigenvalue weighted by Gasteiger charge is -2.27. The van der Waals surface area contributed by atoms with Gasteiger partial charge >= 0.3 is 5.69 Å². The van der Waals surface area contributed by atoms with E-state index in [1.807, 2.05) is 0 Å². The number of hydrogen-bond donors (Lipinski definition) is 2. The Labute approximate surface area is 109 Å². The first-order chi connectivity index (χ1) is 8.06. The van der Waals surface area contributed by atoms with E-state index in [1.54, 1.807) is 0 Å². The monoisotopic (exact) mass is 274 g/mol. The number of nitrogens with one attached hydrogen (secondary N) is 1. The zero-order valence-corrected chi connectivity index (χ0v) is 11.1. The second-order valence-electron chi connectivity index (χ2n) is 4.73. The average Bonchev–Trinajstić information content (AvgIpc) is 2.75. The summed E-state index contributed by atoms with van der Waals surface area (Å²) in [6.45, 7) is 0.575. The molecule has 0 unspecified atom stereocenters. The molecule has 1 aromatic heterocycles. The summed E-state index contributed by atoms with van der Waals surface area (Å²) in [5.41, 5.74) is -0.860. The second kappa shape index (κ2) is 4.90. The molecule has 0 spiro atoms. The minimum Gasteiger partial charge on any atom is -0.299 e. The maximum Gasteiger partial charge on any atom is 0.328 e. The highest BCUT2D eigenvalue weighted by Gasteiger charge is 2.33. The van der Waals surface area contributed by atoms with Crippen LogP contribution < -0.4 is 11.2 Å². The maximum atomic E-state index is 11.7. The Morgan fingerprint density at radius 2 is 2.06 bits per heavy atom. The molecule has 1 aliphatic rings. The van der Waals surface area contributed by atoms with Crippen molar-refractivity contribution in [1.82, 2.24) is 9.55 Å². The summed E-state index contributed by atoms with van der Waals surface area (Å²) in [4.78, 5) is 25.0. The maximum absolute atomic E-state index is 11.7. The highest BCUT2D eigenvalue weighted by Crippen LogP contribution is 2.40. The van der Waals surface area contributed by atoms with Crippen molar-refractivity contribution in [3.63, 3.8) is 0 Å². The molecule has 1 fully saturated rings. The molecule has 17 heavy (non-hydrogen) atoms. The highest BCUT2D eigenvalue weighted by molar-refractivity contribution is 7.80. The van der Waals surface area contributed by atoms with E-state index in [1.165, 1.54) is 23.6 Å². The molecule has 1 heterocycles. The Kier molecular flexibility index (Phi) is 3.68. The van der Waals surface area contributed by atoms with Crippen molar-refractivity contribution in [2.75, 3.05) is 5.75 Å². The predicted octanol–water partition coefficient (Wildman–Crippen LogP) is 1.68. The Morgan fingerprint density at radius 3 is 2.65 bits per heavy atom. The van der Waals surface area contributed by atoms with Gasteiger partial charge in [-0.15, -0.1) is 0 Å². The topological polar surface area (TPSA) is 54.9 Å². The Balaban J connectivity index is 2.32. The summed E-state index contributed by atoms with van der Waals surface area (Å²) in [5.74, 6) is 0.746. The average molecular weight is 275 g/mol. The van der Waals surface area contributed by atoms with Gasteiger partial charge in [0.15, 0.2) is 0 Å². The summed E-state index contributed by atoms with van der Waals surface area (Å²) in [5, 5.41) is 0.0527. The lowest BCUT2D eigenvalue weighted by molar-refractivity contribution is 0.284. The zero-order chi connectivity index (χ0) is 12.5. The van der Waals surface area contributed by atoms with E-state index in [-0.39, 0.29) is 10.4 Å². The summed E-state index contributed by atoms with van der Waals surface area (Å²) >= 11 is 10.1. The molecule has 6 heteroatoms. The molecule has 0 amide bonds. The molecular weight excluding hydrogens is 260 g/mol. The molecule has 1 aliphatic carbocycles. The van der Waals surface area contributed by atoms with Crippen LogP contribution in [-0.2, 0) is 6.54 Å². The van der Waals surface area contributed by atoms with Crippen LogP contribution in [0.1, 0.15) is 25.7 Å². The van der Waals surface area contributed by atoms with Crippen molar-refractivity contribution in [2.45, 2.75) is 32.2 Å². The molecule has 94 valence electrons. The molecule has 0 aromatic carbocycles. The number of thiol groups is 1. The fourth-order valence-electron chi connectivity index (χ4n) is 2.45. The van der Waals surface area contributed by atoms with E-state index >= 15 is 0 Å². The molecule has 1 aromatic rings. The number of halogens is 1. The number of aromatic nitrogens is 2. The van der Waals surface area contributed by atoms with Crippen LogP contribution in [0.3, 0.4) is 0 Å². The van der Waals surface area contributed by atoms with Crippen molar-refractivity contribution in [1.29, 1.82) is 0 Å². The van der Waals surface area contributed by atoms with Gasteiger partial charge in [0.05, 0.1) is 0 Å². The van der Waals surface area contributed by atoms with Crippen molar-refractivity contribution in [2.24, 2.45) is 5.41 Å². The quantitative estimate of drug-likeness (QED) is 0.824. The van der Waals surface area contributed by atoms with Gasteiger partial charge < -0.3 is 0 Å². The fourth-order valence-corrected chi connectivity index (χ4v) is 3.03. The van der Waals surface area contributed by atoms with Crippen LogP contribution in [0.4, 0.5) is 0 Å². The minimum atomic E-state index is -0.528. The fraction of sp³-hybridized carbons (Fsp3) is 0.636. The summed E-state index contributed by atoms with van der Waals surface area (Å²) in [7, 11) is 0. The van der Waals surface area contributed by atoms with Gasteiger partial charge in [-0.3, -0.25) is 14.3 Å². The minimum absolute atomic E-state index is 0.0527.